The van der Waals surface area contributed by atoms with Crippen molar-refractivity contribution in [3.8, 4) is 11.3 Å². The molecule has 0 spiro atoms. The molecule has 118 valence electrons. The first-order chi connectivity index (χ1) is 11.6. The summed E-state index contributed by atoms with van der Waals surface area (Å²) in [7, 11) is 0. The van der Waals surface area contributed by atoms with E-state index in [1.54, 1.807) is 0 Å². The number of pyridine rings is 1. The van der Waals surface area contributed by atoms with Crippen molar-refractivity contribution in [1.82, 2.24) is 9.38 Å². The smallest absolute Gasteiger partial charge is 0.223 e. The van der Waals surface area contributed by atoms with E-state index < -0.39 is 0 Å². The highest BCUT2D eigenvalue weighted by molar-refractivity contribution is 6.30. The van der Waals surface area contributed by atoms with Crippen molar-refractivity contribution in [3.63, 3.8) is 0 Å². The van der Waals surface area contributed by atoms with Gasteiger partial charge in [-0.15, -0.1) is 0 Å². The van der Waals surface area contributed by atoms with Crippen molar-refractivity contribution in [3.05, 3.63) is 71.4 Å². The molecule has 0 radical (unpaired) electrons. The van der Waals surface area contributed by atoms with Crippen molar-refractivity contribution < 1.29 is 4.79 Å². The van der Waals surface area contributed by atoms with Crippen molar-refractivity contribution in [1.29, 1.82) is 0 Å². The van der Waals surface area contributed by atoms with Crippen LogP contribution in [0.25, 0.3) is 27.8 Å². The Kier molecular flexibility index (Phi) is 3.47. The highest BCUT2D eigenvalue weighted by Gasteiger charge is 2.17. The Bertz CT molecular complexity index is 1070. The van der Waals surface area contributed by atoms with Gasteiger partial charge in [0.15, 0.2) is 0 Å². The maximum atomic E-state index is 11.6. The Morgan fingerprint density at radius 2 is 1.79 bits per heavy atom. The van der Waals surface area contributed by atoms with Crippen LogP contribution in [-0.4, -0.2) is 15.3 Å². The van der Waals surface area contributed by atoms with Gasteiger partial charge in [-0.2, -0.15) is 0 Å². The average Bonchev–Trinajstić information content (AvgIpc) is 2.94. The lowest BCUT2D eigenvalue weighted by Gasteiger charge is -2.07. The summed E-state index contributed by atoms with van der Waals surface area (Å²) in [5, 5.41) is 1.74. The molecule has 0 saturated heterocycles. The van der Waals surface area contributed by atoms with Crippen molar-refractivity contribution in [2.75, 3.05) is 0 Å². The summed E-state index contributed by atoms with van der Waals surface area (Å²) in [5.74, 6) is -0.389. The molecule has 0 fully saturated rings. The number of nitrogens with zero attached hydrogens (tertiary/aromatic N) is 2. The molecule has 2 aromatic heterocycles. The number of imidazole rings is 1. The third-order valence-electron chi connectivity index (χ3n) is 4.05. The zero-order valence-electron chi connectivity index (χ0n) is 12.7. The number of para-hydroxylation sites is 1. The zero-order chi connectivity index (χ0) is 16.7. The van der Waals surface area contributed by atoms with Gasteiger partial charge in [0, 0.05) is 10.6 Å². The number of hydrogen-bond acceptors (Lipinski definition) is 2. The molecule has 4 aromatic rings. The first kappa shape index (κ1) is 14.7. The maximum absolute atomic E-state index is 11.6. The molecular formula is C19H14ClN3O. The van der Waals surface area contributed by atoms with E-state index in [1.165, 1.54) is 0 Å². The molecule has 0 aliphatic rings. The third-order valence-corrected chi connectivity index (χ3v) is 4.30. The number of aromatic nitrogens is 2. The molecule has 0 atom stereocenters. The lowest BCUT2D eigenvalue weighted by Crippen LogP contribution is -2.15. The third kappa shape index (κ3) is 2.41. The second kappa shape index (κ2) is 5.65. The fourth-order valence-electron chi connectivity index (χ4n) is 3.02. The normalized spacial score (nSPS) is 11.2. The van der Waals surface area contributed by atoms with E-state index in [9.17, 15) is 4.79 Å². The number of carbonyl (C=O) groups is 1. The highest BCUT2D eigenvalue weighted by atomic mass is 35.5. The number of amides is 1. The number of benzene rings is 2. The van der Waals surface area contributed by atoms with Crippen molar-refractivity contribution >= 4 is 34.1 Å². The predicted molar refractivity (Wildman–Crippen MR) is 96.0 cm³/mol. The van der Waals surface area contributed by atoms with Crippen LogP contribution in [-0.2, 0) is 11.2 Å². The van der Waals surface area contributed by atoms with Crippen LogP contribution in [0.2, 0.25) is 5.02 Å². The molecule has 2 aromatic carbocycles. The minimum atomic E-state index is -0.389. The van der Waals surface area contributed by atoms with Gasteiger partial charge >= 0.3 is 0 Å². The molecule has 0 unspecified atom stereocenters. The minimum Gasteiger partial charge on any atom is -0.369 e. The second-order valence-corrected chi connectivity index (χ2v) is 6.08. The fraction of sp³-hybridized carbons (Fsp3) is 0.0526. The summed E-state index contributed by atoms with van der Waals surface area (Å²) in [6.07, 6.45) is 0.118. The van der Waals surface area contributed by atoms with Gasteiger partial charge in [0.05, 0.1) is 23.3 Å². The van der Waals surface area contributed by atoms with E-state index in [1.807, 2.05) is 65.1 Å². The van der Waals surface area contributed by atoms with Gasteiger partial charge in [-0.05, 0) is 35.7 Å². The fourth-order valence-corrected chi connectivity index (χ4v) is 3.14. The number of rotatable bonds is 3. The van der Waals surface area contributed by atoms with Crippen LogP contribution in [0.15, 0.2) is 60.7 Å². The summed E-state index contributed by atoms with van der Waals surface area (Å²) in [6, 6.07) is 19.4. The minimum absolute atomic E-state index is 0.118. The Morgan fingerprint density at radius 3 is 2.54 bits per heavy atom. The largest absolute Gasteiger partial charge is 0.369 e. The maximum Gasteiger partial charge on any atom is 0.223 e. The predicted octanol–water partition coefficient (Wildman–Crippen LogP) is 3.84. The molecule has 0 aliphatic heterocycles. The topological polar surface area (TPSA) is 60.4 Å². The monoisotopic (exact) mass is 335 g/mol. The molecule has 2 N–H and O–H groups in total. The number of nitrogens with two attached hydrogens (primary N) is 1. The van der Waals surface area contributed by atoms with E-state index in [4.69, 9.17) is 22.3 Å². The van der Waals surface area contributed by atoms with Gasteiger partial charge in [0.25, 0.3) is 0 Å². The quantitative estimate of drug-likeness (QED) is 0.618. The Hall–Kier alpha value is -2.85. The number of halogens is 1. The van der Waals surface area contributed by atoms with E-state index in [0.717, 1.165) is 33.5 Å². The highest BCUT2D eigenvalue weighted by Crippen LogP contribution is 2.29. The van der Waals surface area contributed by atoms with Crippen molar-refractivity contribution in [2.45, 2.75) is 6.42 Å². The Morgan fingerprint density at radius 1 is 1.04 bits per heavy atom. The molecular weight excluding hydrogens is 322 g/mol. The Labute approximate surface area is 143 Å². The molecule has 1 amide bonds. The molecule has 2 heterocycles. The summed E-state index contributed by atoms with van der Waals surface area (Å²) in [6.45, 7) is 0. The van der Waals surface area contributed by atoms with Gasteiger partial charge < -0.3 is 5.73 Å². The number of hydrogen-bond donors (Lipinski definition) is 1. The molecule has 0 aliphatic carbocycles. The Balaban J connectivity index is 2.07. The summed E-state index contributed by atoms with van der Waals surface area (Å²) < 4.78 is 2.00. The van der Waals surface area contributed by atoms with Gasteiger partial charge in [-0.25, -0.2) is 4.98 Å². The van der Waals surface area contributed by atoms with Crippen LogP contribution >= 0.6 is 11.6 Å². The van der Waals surface area contributed by atoms with E-state index in [-0.39, 0.29) is 12.3 Å². The van der Waals surface area contributed by atoms with E-state index in [2.05, 4.69) is 0 Å². The van der Waals surface area contributed by atoms with Crippen LogP contribution in [0.1, 0.15) is 5.69 Å². The molecule has 0 bridgehead atoms. The van der Waals surface area contributed by atoms with Crippen LogP contribution in [0, 0.1) is 0 Å². The SMILES string of the molecule is NC(=O)Cc1c(-c2ccc(Cl)cc2)nc2ccc3ccccc3n12. The van der Waals surface area contributed by atoms with Gasteiger partial charge in [0.2, 0.25) is 5.91 Å². The van der Waals surface area contributed by atoms with Crippen LogP contribution < -0.4 is 5.73 Å². The molecule has 0 saturated carbocycles. The molecule has 24 heavy (non-hydrogen) atoms. The van der Waals surface area contributed by atoms with Gasteiger partial charge in [-0.1, -0.05) is 41.9 Å². The van der Waals surface area contributed by atoms with Crippen LogP contribution in [0.4, 0.5) is 0 Å². The lowest BCUT2D eigenvalue weighted by molar-refractivity contribution is -0.117. The summed E-state index contributed by atoms with van der Waals surface area (Å²) >= 11 is 5.98. The number of carbonyl (C=O) groups excluding carboxylic acids is 1. The standard InChI is InChI=1S/C19H14ClN3O/c20-14-8-5-13(6-9-14)19-16(11-17(21)24)23-15-4-2-1-3-12(15)7-10-18(23)22-19/h1-10H,11H2,(H2,21,24). The second-order valence-electron chi connectivity index (χ2n) is 5.64. The summed E-state index contributed by atoms with van der Waals surface area (Å²) in [5.41, 5.74) is 9.72. The van der Waals surface area contributed by atoms with Crippen molar-refractivity contribution in [2.24, 2.45) is 5.73 Å². The summed E-state index contributed by atoms with van der Waals surface area (Å²) in [4.78, 5) is 16.4. The number of fused-ring (bicyclic) bond motifs is 3. The first-order valence-corrected chi connectivity index (χ1v) is 7.94. The van der Waals surface area contributed by atoms with Crippen LogP contribution in [0.3, 0.4) is 0 Å². The average molecular weight is 336 g/mol. The molecule has 4 nitrogen and oxygen atoms in total. The van der Waals surface area contributed by atoms with E-state index >= 15 is 0 Å². The molecule has 4 rings (SSSR count). The first-order valence-electron chi connectivity index (χ1n) is 7.57. The zero-order valence-corrected chi connectivity index (χ0v) is 13.5. The van der Waals surface area contributed by atoms with Gasteiger partial charge in [-0.3, -0.25) is 9.20 Å². The van der Waals surface area contributed by atoms with Gasteiger partial charge in [0.1, 0.15) is 5.65 Å². The number of primary amides is 1. The van der Waals surface area contributed by atoms with Crippen LogP contribution in [0.5, 0.6) is 0 Å². The molecule has 5 heteroatoms. The lowest BCUT2D eigenvalue weighted by atomic mass is 10.1. The van der Waals surface area contributed by atoms with E-state index in [0.29, 0.717) is 5.02 Å².